The summed E-state index contributed by atoms with van der Waals surface area (Å²) < 4.78 is 7.56. The molecule has 17 heavy (non-hydrogen) atoms. The van der Waals surface area contributed by atoms with Gasteiger partial charge in [0.1, 0.15) is 17.9 Å². The minimum Gasteiger partial charge on any atom is -0.372 e. The van der Waals surface area contributed by atoms with E-state index in [4.69, 9.17) is 10.5 Å². The van der Waals surface area contributed by atoms with Crippen molar-refractivity contribution >= 4 is 11.2 Å². The van der Waals surface area contributed by atoms with E-state index in [2.05, 4.69) is 28.4 Å². The number of pyridine rings is 1. The van der Waals surface area contributed by atoms with E-state index in [1.165, 1.54) is 0 Å². The first kappa shape index (κ1) is 12.0. The molecule has 2 N–H and O–H groups in total. The van der Waals surface area contributed by atoms with Gasteiger partial charge in [0.2, 0.25) is 0 Å². The van der Waals surface area contributed by atoms with Crippen molar-refractivity contribution in [3.8, 4) is 0 Å². The van der Waals surface area contributed by atoms with Crippen molar-refractivity contribution in [2.45, 2.75) is 26.5 Å². The topological polar surface area (TPSA) is 66.0 Å². The van der Waals surface area contributed by atoms with Crippen LogP contribution in [-0.2, 0) is 11.3 Å². The average molecular weight is 234 g/mol. The van der Waals surface area contributed by atoms with E-state index in [9.17, 15) is 0 Å². The first-order valence-electron chi connectivity index (χ1n) is 5.83. The SMILES string of the molecule is CC(C)n1c(COCCN)nc2cccnc21. The minimum atomic E-state index is 0.311. The summed E-state index contributed by atoms with van der Waals surface area (Å²) in [5.74, 6) is 0.905. The summed E-state index contributed by atoms with van der Waals surface area (Å²) in [6, 6.07) is 4.17. The fourth-order valence-corrected chi connectivity index (χ4v) is 1.87. The van der Waals surface area contributed by atoms with Gasteiger partial charge in [-0.25, -0.2) is 9.97 Å². The first-order chi connectivity index (χ1) is 8.24. The third-order valence-electron chi connectivity index (χ3n) is 2.53. The lowest BCUT2D eigenvalue weighted by atomic mass is 10.3. The molecule has 2 rings (SSSR count). The highest BCUT2D eigenvalue weighted by Gasteiger charge is 2.13. The molecule has 0 saturated carbocycles. The molecule has 2 aromatic rings. The van der Waals surface area contributed by atoms with Gasteiger partial charge in [-0.15, -0.1) is 0 Å². The van der Waals surface area contributed by atoms with E-state index >= 15 is 0 Å². The Morgan fingerprint density at radius 1 is 1.47 bits per heavy atom. The second-order valence-corrected chi connectivity index (χ2v) is 4.18. The van der Waals surface area contributed by atoms with Crippen LogP contribution >= 0.6 is 0 Å². The summed E-state index contributed by atoms with van der Waals surface area (Å²) in [5, 5.41) is 0. The van der Waals surface area contributed by atoms with Gasteiger partial charge < -0.3 is 15.0 Å². The molecule has 0 spiro atoms. The van der Waals surface area contributed by atoms with Crippen LogP contribution in [0.2, 0.25) is 0 Å². The van der Waals surface area contributed by atoms with Crippen LogP contribution in [0.1, 0.15) is 25.7 Å². The van der Waals surface area contributed by atoms with Crippen LogP contribution in [0.5, 0.6) is 0 Å². The number of fused-ring (bicyclic) bond motifs is 1. The minimum absolute atomic E-state index is 0.311. The molecule has 0 bridgehead atoms. The van der Waals surface area contributed by atoms with Gasteiger partial charge in [0.25, 0.3) is 0 Å². The van der Waals surface area contributed by atoms with E-state index in [0.29, 0.717) is 25.8 Å². The molecule has 92 valence electrons. The number of rotatable bonds is 5. The molecule has 2 aromatic heterocycles. The molecule has 0 unspecified atom stereocenters. The quantitative estimate of drug-likeness (QED) is 0.796. The fourth-order valence-electron chi connectivity index (χ4n) is 1.87. The van der Waals surface area contributed by atoms with E-state index in [-0.39, 0.29) is 0 Å². The largest absolute Gasteiger partial charge is 0.372 e. The van der Waals surface area contributed by atoms with Crippen molar-refractivity contribution in [1.29, 1.82) is 0 Å². The zero-order valence-electron chi connectivity index (χ0n) is 10.3. The third kappa shape index (κ3) is 2.45. The van der Waals surface area contributed by atoms with Crippen LogP contribution < -0.4 is 5.73 Å². The van der Waals surface area contributed by atoms with Gasteiger partial charge in [-0.05, 0) is 26.0 Å². The van der Waals surface area contributed by atoms with Crippen LogP contribution in [0.4, 0.5) is 0 Å². The van der Waals surface area contributed by atoms with Crippen molar-refractivity contribution in [3.05, 3.63) is 24.2 Å². The first-order valence-corrected chi connectivity index (χ1v) is 5.83. The molecular formula is C12H18N4O. The normalized spacial score (nSPS) is 11.5. The number of aromatic nitrogens is 3. The maximum atomic E-state index is 5.45. The lowest BCUT2D eigenvalue weighted by Crippen LogP contribution is -2.12. The fraction of sp³-hybridized carbons (Fsp3) is 0.500. The van der Waals surface area contributed by atoms with Crippen molar-refractivity contribution in [2.75, 3.05) is 13.2 Å². The average Bonchev–Trinajstić information content (AvgIpc) is 2.67. The molecule has 0 fully saturated rings. The Morgan fingerprint density at radius 2 is 2.29 bits per heavy atom. The van der Waals surface area contributed by atoms with Crippen LogP contribution in [0.3, 0.4) is 0 Å². The Balaban J connectivity index is 2.36. The highest BCUT2D eigenvalue weighted by Crippen LogP contribution is 2.19. The molecule has 0 radical (unpaired) electrons. The summed E-state index contributed by atoms with van der Waals surface area (Å²) in [4.78, 5) is 8.91. The Bertz CT molecular complexity index is 492. The molecule has 0 aliphatic rings. The molecule has 5 nitrogen and oxygen atoms in total. The van der Waals surface area contributed by atoms with Crippen LogP contribution in [0.15, 0.2) is 18.3 Å². The number of ether oxygens (including phenoxy) is 1. The summed E-state index contributed by atoms with van der Waals surface area (Å²) in [6.07, 6.45) is 1.79. The maximum absolute atomic E-state index is 5.45. The van der Waals surface area contributed by atoms with Gasteiger partial charge in [-0.1, -0.05) is 0 Å². The number of hydrogen-bond donors (Lipinski definition) is 1. The summed E-state index contributed by atoms with van der Waals surface area (Å²) >= 11 is 0. The second-order valence-electron chi connectivity index (χ2n) is 4.18. The van der Waals surface area contributed by atoms with E-state index in [0.717, 1.165) is 17.0 Å². The molecule has 0 aromatic carbocycles. The predicted octanol–water partition coefficient (Wildman–Crippen LogP) is 1.49. The van der Waals surface area contributed by atoms with Gasteiger partial charge in [0.05, 0.1) is 6.61 Å². The molecule has 0 aliphatic carbocycles. The summed E-state index contributed by atoms with van der Waals surface area (Å²) in [6.45, 7) is 5.78. The molecule has 0 amide bonds. The van der Waals surface area contributed by atoms with E-state index in [1.54, 1.807) is 6.20 Å². The third-order valence-corrected chi connectivity index (χ3v) is 2.53. The van der Waals surface area contributed by atoms with Crippen molar-refractivity contribution in [2.24, 2.45) is 5.73 Å². The van der Waals surface area contributed by atoms with Gasteiger partial charge in [-0.2, -0.15) is 0 Å². The molecule has 2 heterocycles. The number of nitrogens with zero attached hydrogens (tertiary/aromatic N) is 3. The smallest absolute Gasteiger partial charge is 0.160 e. The molecule has 0 atom stereocenters. The van der Waals surface area contributed by atoms with Gasteiger partial charge >= 0.3 is 0 Å². The lowest BCUT2D eigenvalue weighted by molar-refractivity contribution is 0.119. The zero-order valence-corrected chi connectivity index (χ0v) is 10.3. The van der Waals surface area contributed by atoms with Crippen LogP contribution in [0.25, 0.3) is 11.2 Å². The van der Waals surface area contributed by atoms with Gasteiger partial charge in [-0.3, -0.25) is 0 Å². The Hall–Kier alpha value is -1.46. The number of nitrogens with two attached hydrogens (primary N) is 1. The highest BCUT2D eigenvalue weighted by molar-refractivity contribution is 5.71. The number of hydrogen-bond acceptors (Lipinski definition) is 4. The summed E-state index contributed by atoms with van der Waals surface area (Å²) in [5.41, 5.74) is 7.22. The van der Waals surface area contributed by atoms with Crippen molar-refractivity contribution in [1.82, 2.24) is 14.5 Å². The zero-order chi connectivity index (χ0) is 12.3. The molecule has 5 heteroatoms. The molecular weight excluding hydrogens is 216 g/mol. The number of imidazole rings is 1. The van der Waals surface area contributed by atoms with Crippen molar-refractivity contribution in [3.63, 3.8) is 0 Å². The molecule has 0 saturated heterocycles. The monoisotopic (exact) mass is 234 g/mol. The highest BCUT2D eigenvalue weighted by atomic mass is 16.5. The Kier molecular flexibility index (Phi) is 3.71. The van der Waals surface area contributed by atoms with Crippen LogP contribution in [-0.4, -0.2) is 27.7 Å². The summed E-state index contributed by atoms with van der Waals surface area (Å²) in [7, 11) is 0. The molecule has 0 aliphatic heterocycles. The Labute approximate surface area is 101 Å². The van der Waals surface area contributed by atoms with Gasteiger partial charge in [0, 0.05) is 18.8 Å². The van der Waals surface area contributed by atoms with E-state index in [1.807, 2.05) is 12.1 Å². The van der Waals surface area contributed by atoms with Gasteiger partial charge in [0.15, 0.2) is 5.65 Å². The van der Waals surface area contributed by atoms with E-state index < -0.39 is 0 Å². The van der Waals surface area contributed by atoms with Crippen LogP contribution in [0, 0.1) is 0 Å². The predicted molar refractivity (Wildman–Crippen MR) is 66.6 cm³/mol. The maximum Gasteiger partial charge on any atom is 0.160 e. The Morgan fingerprint density at radius 3 is 3.00 bits per heavy atom. The standard InChI is InChI=1S/C12H18N4O/c1-9(2)16-11(8-17-7-5-13)15-10-4-3-6-14-12(10)16/h3-4,6,9H,5,7-8,13H2,1-2H3. The second kappa shape index (κ2) is 5.25. The lowest BCUT2D eigenvalue weighted by Gasteiger charge is -2.12. The van der Waals surface area contributed by atoms with Crippen molar-refractivity contribution < 1.29 is 4.74 Å².